The van der Waals surface area contributed by atoms with Crippen molar-refractivity contribution >= 4 is 11.8 Å². The fourth-order valence-electron chi connectivity index (χ4n) is 1.40. The summed E-state index contributed by atoms with van der Waals surface area (Å²) in [6, 6.07) is 0.573. The van der Waals surface area contributed by atoms with Gasteiger partial charge in [0.1, 0.15) is 13.2 Å². The predicted molar refractivity (Wildman–Crippen MR) is 50.3 cm³/mol. The number of hydrogen-bond donors (Lipinski definition) is 0. The Morgan fingerprint density at radius 2 is 1.54 bits per heavy atom. The first-order valence-corrected chi connectivity index (χ1v) is 4.63. The summed E-state index contributed by atoms with van der Waals surface area (Å²) < 4.78 is 10.7. The average molecular weight is 182 g/mol. The summed E-state index contributed by atoms with van der Waals surface area (Å²) in [7, 11) is 0. The van der Waals surface area contributed by atoms with Crippen molar-refractivity contribution in [2.45, 2.75) is 32.4 Å². The molecule has 2 aliphatic rings. The summed E-state index contributed by atoms with van der Waals surface area (Å²) in [5.41, 5.74) is 0. The maximum Gasteiger partial charge on any atom is 0.193 e. The van der Waals surface area contributed by atoms with Gasteiger partial charge in [0.25, 0.3) is 0 Å². The molecule has 2 unspecified atom stereocenters. The van der Waals surface area contributed by atoms with Gasteiger partial charge in [-0.1, -0.05) is 0 Å². The highest BCUT2D eigenvalue weighted by Crippen LogP contribution is 2.11. The summed E-state index contributed by atoms with van der Waals surface area (Å²) >= 11 is 0. The third kappa shape index (κ3) is 1.99. The fraction of sp³-hybridized carbons (Fsp3) is 0.778. The van der Waals surface area contributed by atoms with Crippen molar-refractivity contribution in [1.29, 1.82) is 0 Å². The van der Waals surface area contributed by atoms with E-state index in [0.29, 0.717) is 19.6 Å². The van der Waals surface area contributed by atoms with Crippen molar-refractivity contribution in [3.63, 3.8) is 0 Å². The lowest BCUT2D eigenvalue weighted by molar-refractivity contribution is 0.304. The standard InChI is InChI=1S/C9H14N2O2/c1-6-4-12-8(10-6)3-9-11-7(2)5-13-9/h6-7H,3-5H2,1-2H3. The second-order valence-electron chi connectivity index (χ2n) is 3.54. The van der Waals surface area contributed by atoms with E-state index in [2.05, 4.69) is 9.98 Å². The molecule has 0 spiro atoms. The number of rotatable bonds is 2. The third-order valence-corrected chi connectivity index (χ3v) is 2.01. The van der Waals surface area contributed by atoms with Crippen LogP contribution < -0.4 is 0 Å². The van der Waals surface area contributed by atoms with E-state index in [4.69, 9.17) is 9.47 Å². The van der Waals surface area contributed by atoms with E-state index in [1.54, 1.807) is 0 Å². The van der Waals surface area contributed by atoms with Gasteiger partial charge in [-0.25, -0.2) is 9.98 Å². The second kappa shape index (κ2) is 3.36. The highest BCUT2D eigenvalue weighted by Gasteiger charge is 2.20. The Morgan fingerprint density at radius 3 is 1.85 bits per heavy atom. The zero-order valence-corrected chi connectivity index (χ0v) is 7.99. The molecule has 0 radical (unpaired) electrons. The monoisotopic (exact) mass is 182 g/mol. The maximum absolute atomic E-state index is 5.35. The SMILES string of the molecule is CC1COC(CC2=NC(C)CO2)=N1. The molecule has 72 valence electrons. The molecular formula is C9H14N2O2. The van der Waals surface area contributed by atoms with Crippen molar-refractivity contribution in [2.75, 3.05) is 13.2 Å². The van der Waals surface area contributed by atoms with Crippen LogP contribution in [0.5, 0.6) is 0 Å². The van der Waals surface area contributed by atoms with Crippen LogP contribution in [0.1, 0.15) is 20.3 Å². The third-order valence-electron chi connectivity index (χ3n) is 2.01. The summed E-state index contributed by atoms with van der Waals surface area (Å²) in [6.45, 7) is 5.45. The van der Waals surface area contributed by atoms with Gasteiger partial charge >= 0.3 is 0 Å². The van der Waals surface area contributed by atoms with Crippen LogP contribution in [0.2, 0.25) is 0 Å². The van der Waals surface area contributed by atoms with E-state index in [1.807, 2.05) is 13.8 Å². The van der Waals surface area contributed by atoms with Crippen LogP contribution in [0.25, 0.3) is 0 Å². The molecule has 0 aliphatic carbocycles. The summed E-state index contributed by atoms with van der Waals surface area (Å²) in [5.74, 6) is 1.53. The highest BCUT2D eigenvalue weighted by atomic mass is 16.5. The molecule has 0 aromatic rings. The molecule has 0 bridgehead atoms. The molecule has 0 saturated heterocycles. The summed E-state index contributed by atoms with van der Waals surface area (Å²) in [6.07, 6.45) is 0.620. The van der Waals surface area contributed by atoms with Gasteiger partial charge in [0.15, 0.2) is 11.8 Å². The average Bonchev–Trinajstić information content (AvgIpc) is 2.62. The molecule has 0 aromatic carbocycles. The van der Waals surface area contributed by atoms with Gasteiger partial charge in [0, 0.05) is 0 Å². The first-order chi connectivity index (χ1) is 6.24. The van der Waals surface area contributed by atoms with E-state index in [-0.39, 0.29) is 12.1 Å². The second-order valence-corrected chi connectivity index (χ2v) is 3.54. The molecular weight excluding hydrogens is 168 g/mol. The molecule has 0 N–H and O–H groups in total. The number of ether oxygens (including phenoxy) is 2. The van der Waals surface area contributed by atoms with E-state index in [0.717, 1.165) is 11.8 Å². The van der Waals surface area contributed by atoms with Gasteiger partial charge < -0.3 is 9.47 Å². The lowest BCUT2D eigenvalue weighted by Crippen LogP contribution is -2.08. The van der Waals surface area contributed by atoms with E-state index < -0.39 is 0 Å². The molecule has 0 fully saturated rings. The molecule has 4 heteroatoms. The molecule has 2 heterocycles. The highest BCUT2D eigenvalue weighted by molar-refractivity contribution is 5.98. The zero-order chi connectivity index (χ0) is 9.26. The van der Waals surface area contributed by atoms with Crippen LogP contribution in [0, 0.1) is 0 Å². The minimum atomic E-state index is 0.287. The summed E-state index contributed by atoms with van der Waals surface area (Å²) in [5, 5.41) is 0. The molecule has 0 aromatic heterocycles. The Morgan fingerprint density at radius 1 is 1.08 bits per heavy atom. The topological polar surface area (TPSA) is 43.2 Å². The number of nitrogens with zero attached hydrogens (tertiary/aromatic N) is 2. The van der Waals surface area contributed by atoms with Crippen molar-refractivity contribution in [3.8, 4) is 0 Å². The van der Waals surface area contributed by atoms with Crippen molar-refractivity contribution < 1.29 is 9.47 Å². The predicted octanol–water partition coefficient (Wildman–Crippen LogP) is 1.01. The van der Waals surface area contributed by atoms with Gasteiger partial charge in [-0.05, 0) is 13.8 Å². The number of hydrogen-bond acceptors (Lipinski definition) is 4. The lowest BCUT2D eigenvalue weighted by Gasteiger charge is -2.00. The largest absolute Gasteiger partial charge is 0.478 e. The van der Waals surface area contributed by atoms with Crippen LogP contribution in [-0.4, -0.2) is 37.1 Å². The van der Waals surface area contributed by atoms with Crippen LogP contribution in [0.15, 0.2) is 9.98 Å². The fourth-order valence-corrected chi connectivity index (χ4v) is 1.40. The molecule has 2 rings (SSSR count). The Labute approximate surface area is 77.7 Å². The van der Waals surface area contributed by atoms with Crippen molar-refractivity contribution in [3.05, 3.63) is 0 Å². The number of aliphatic imine (C=N–C) groups is 2. The lowest BCUT2D eigenvalue weighted by atomic mass is 10.4. The molecule has 0 saturated carbocycles. The van der Waals surface area contributed by atoms with Crippen LogP contribution in [0.3, 0.4) is 0 Å². The Bertz CT molecular complexity index is 234. The molecule has 13 heavy (non-hydrogen) atoms. The Kier molecular flexibility index (Phi) is 2.20. The van der Waals surface area contributed by atoms with Crippen molar-refractivity contribution in [1.82, 2.24) is 0 Å². The normalized spacial score (nSPS) is 32.2. The molecule has 0 amide bonds. The van der Waals surface area contributed by atoms with Gasteiger partial charge in [0.05, 0.1) is 18.5 Å². The van der Waals surface area contributed by atoms with Crippen LogP contribution in [0.4, 0.5) is 0 Å². The minimum Gasteiger partial charge on any atom is -0.478 e. The summed E-state index contributed by atoms with van der Waals surface area (Å²) in [4.78, 5) is 8.62. The minimum absolute atomic E-state index is 0.287. The Hall–Kier alpha value is -1.06. The Balaban J connectivity index is 1.92. The van der Waals surface area contributed by atoms with Crippen molar-refractivity contribution in [2.24, 2.45) is 9.98 Å². The first kappa shape index (κ1) is 8.53. The molecule has 2 aliphatic heterocycles. The van der Waals surface area contributed by atoms with E-state index in [9.17, 15) is 0 Å². The van der Waals surface area contributed by atoms with Gasteiger partial charge in [-0.15, -0.1) is 0 Å². The van der Waals surface area contributed by atoms with E-state index >= 15 is 0 Å². The first-order valence-electron chi connectivity index (χ1n) is 4.63. The van der Waals surface area contributed by atoms with Gasteiger partial charge in [0.2, 0.25) is 0 Å². The molecule has 4 nitrogen and oxygen atoms in total. The smallest absolute Gasteiger partial charge is 0.193 e. The quantitative estimate of drug-likeness (QED) is 0.639. The maximum atomic E-state index is 5.35. The van der Waals surface area contributed by atoms with Gasteiger partial charge in [-0.3, -0.25) is 0 Å². The van der Waals surface area contributed by atoms with Gasteiger partial charge in [-0.2, -0.15) is 0 Å². The molecule has 2 atom stereocenters. The van der Waals surface area contributed by atoms with Crippen LogP contribution >= 0.6 is 0 Å². The van der Waals surface area contributed by atoms with E-state index in [1.165, 1.54) is 0 Å². The zero-order valence-electron chi connectivity index (χ0n) is 7.99. The van der Waals surface area contributed by atoms with Crippen LogP contribution in [-0.2, 0) is 9.47 Å².